The van der Waals surface area contributed by atoms with E-state index < -0.39 is 5.41 Å². The Bertz CT molecular complexity index is 457. The molecule has 0 N–H and O–H groups in total. The Morgan fingerprint density at radius 3 is 2.56 bits per heavy atom. The first-order valence-electron chi connectivity index (χ1n) is 6.07. The van der Waals surface area contributed by atoms with Crippen molar-refractivity contribution in [3.05, 3.63) is 16.1 Å². The van der Waals surface area contributed by atoms with E-state index in [9.17, 15) is 10.1 Å². The van der Waals surface area contributed by atoms with Crippen LogP contribution in [-0.4, -0.2) is 22.8 Å². The molecule has 5 heteroatoms. The summed E-state index contributed by atoms with van der Waals surface area (Å²) in [6.45, 7) is 6.16. The van der Waals surface area contributed by atoms with Crippen LogP contribution in [0, 0.1) is 23.7 Å². The molecule has 0 bridgehead atoms. The second-order valence-electron chi connectivity index (χ2n) is 4.42. The van der Waals surface area contributed by atoms with E-state index >= 15 is 0 Å². The van der Waals surface area contributed by atoms with Gasteiger partial charge in [0.1, 0.15) is 5.41 Å². The maximum Gasteiger partial charge on any atom is 0.243 e. The molecule has 1 aromatic rings. The smallest absolute Gasteiger partial charge is 0.243 e. The molecule has 1 heterocycles. The summed E-state index contributed by atoms with van der Waals surface area (Å²) >= 11 is 1.57. The third-order valence-electron chi connectivity index (χ3n) is 3.24. The van der Waals surface area contributed by atoms with Gasteiger partial charge < -0.3 is 4.90 Å². The van der Waals surface area contributed by atoms with Gasteiger partial charge in [0.05, 0.1) is 23.3 Å². The highest BCUT2D eigenvalue weighted by Gasteiger charge is 2.37. The number of hydrogen-bond donors (Lipinski definition) is 0. The van der Waals surface area contributed by atoms with Crippen LogP contribution in [0.4, 0.5) is 0 Å². The van der Waals surface area contributed by atoms with Crippen LogP contribution in [0.2, 0.25) is 0 Å². The van der Waals surface area contributed by atoms with Gasteiger partial charge in [0.2, 0.25) is 5.91 Å². The van der Waals surface area contributed by atoms with Gasteiger partial charge in [-0.3, -0.25) is 4.79 Å². The molecule has 1 aromatic heterocycles. The van der Waals surface area contributed by atoms with Crippen molar-refractivity contribution in [3.63, 3.8) is 0 Å². The van der Waals surface area contributed by atoms with E-state index in [0.717, 1.165) is 10.7 Å². The van der Waals surface area contributed by atoms with Crippen molar-refractivity contribution in [2.75, 3.05) is 7.05 Å². The number of nitrogens with zero attached hydrogens (tertiary/aromatic N) is 3. The van der Waals surface area contributed by atoms with Crippen LogP contribution in [-0.2, 0) is 11.3 Å². The van der Waals surface area contributed by atoms with Gasteiger partial charge in [-0.2, -0.15) is 5.26 Å². The third kappa shape index (κ3) is 2.88. The summed E-state index contributed by atoms with van der Waals surface area (Å²) in [5.74, 6) is -0.111. The molecule has 0 atom stereocenters. The molecule has 0 unspecified atom stereocenters. The number of nitriles is 1. The van der Waals surface area contributed by atoms with E-state index in [-0.39, 0.29) is 5.91 Å². The zero-order valence-corrected chi connectivity index (χ0v) is 12.2. The van der Waals surface area contributed by atoms with Gasteiger partial charge in [-0.1, -0.05) is 13.8 Å². The summed E-state index contributed by atoms with van der Waals surface area (Å²) in [5.41, 5.74) is -0.00722. The standard InChI is InChI=1S/C13H19N3OS/c1-5-13(6-2,9-14)12(17)16(4)7-11-8-18-10(3)15-11/h8H,5-7H2,1-4H3. The van der Waals surface area contributed by atoms with Crippen LogP contribution in [0.5, 0.6) is 0 Å². The number of hydrogen-bond acceptors (Lipinski definition) is 4. The lowest BCUT2D eigenvalue weighted by Gasteiger charge is -2.27. The molecular weight excluding hydrogens is 246 g/mol. The maximum atomic E-state index is 12.3. The van der Waals surface area contributed by atoms with E-state index in [2.05, 4.69) is 11.1 Å². The Labute approximate surface area is 112 Å². The molecule has 1 amide bonds. The highest BCUT2D eigenvalue weighted by atomic mass is 32.1. The van der Waals surface area contributed by atoms with Crippen LogP contribution < -0.4 is 0 Å². The summed E-state index contributed by atoms with van der Waals surface area (Å²) in [6.07, 6.45) is 1.08. The van der Waals surface area contributed by atoms with Crippen LogP contribution in [0.15, 0.2) is 5.38 Å². The number of carbonyl (C=O) groups excluding carboxylic acids is 1. The van der Waals surface area contributed by atoms with Crippen LogP contribution >= 0.6 is 11.3 Å². The number of thiazole rings is 1. The van der Waals surface area contributed by atoms with Gasteiger partial charge in [0.15, 0.2) is 0 Å². The largest absolute Gasteiger partial charge is 0.338 e. The Morgan fingerprint density at radius 1 is 1.56 bits per heavy atom. The molecule has 0 aliphatic carbocycles. The second-order valence-corrected chi connectivity index (χ2v) is 5.48. The minimum atomic E-state index is -0.889. The molecule has 0 fully saturated rings. The lowest BCUT2D eigenvalue weighted by molar-refractivity contribution is -0.138. The highest BCUT2D eigenvalue weighted by molar-refractivity contribution is 7.09. The number of aromatic nitrogens is 1. The number of carbonyl (C=O) groups is 1. The molecule has 98 valence electrons. The fourth-order valence-corrected chi connectivity index (χ4v) is 2.52. The van der Waals surface area contributed by atoms with E-state index in [1.165, 1.54) is 0 Å². The molecule has 0 aliphatic rings. The number of amides is 1. The Morgan fingerprint density at radius 2 is 2.17 bits per heavy atom. The Balaban J connectivity index is 2.81. The SMILES string of the molecule is CCC(C#N)(CC)C(=O)N(C)Cc1csc(C)n1. The van der Waals surface area contributed by atoms with Crippen LogP contribution in [0.25, 0.3) is 0 Å². The van der Waals surface area contributed by atoms with Crippen molar-refractivity contribution in [2.24, 2.45) is 5.41 Å². The van der Waals surface area contributed by atoms with E-state index in [1.807, 2.05) is 26.2 Å². The monoisotopic (exact) mass is 265 g/mol. The summed E-state index contributed by atoms with van der Waals surface area (Å²) in [4.78, 5) is 18.3. The van der Waals surface area contributed by atoms with Crippen molar-refractivity contribution < 1.29 is 4.79 Å². The fourth-order valence-electron chi connectivity index (χ4n) is 1.92. The van der Waals surface area contributed by atoms with Crippen LogP contribution in [0.1, 0.15) is 37.4 Å². The first-order valence-corrected chi connectivity index (χ1v) is 6.95. The van der Waals surface area contributed by atoms with Gasteiger partial charge in [0, 0.05) is 12.4 Å². The normalized spacial score (nSPS) is 11.1. The van der Waals surface area contributed by atoms with Crippen molar-refractivity contribution in [1.82, 2.24) is 9.88 Å². The Hall–Kier alpha value is -1.41. The summed E-state index contributed by atoms with van der Waals surface area (Å²) in [7, 11) is 1.73. The lowest BCUT2D eigenvalue weighted by atomic mass is 9.82. The molecule has 0 saturated carbocycles. The average Bonchev–Trinajstić information content (AvgIpc) is 2.77. The molecule has 1 rings (SSSR count). The molecule has 0 radical (unpaired) electrons. The van der Waals surface area contributed by atoms with E-state index in [1.54, 1.807) is 23.3 Å². The maximum absolute atomic E-state index is 12.3. The first-order chi connectivity index (χ1) is 8.49. The quantitative estimate of drug-likeness (QED) is 0.822. The highest BCUT2D eigenvalue weighted by Crippen LogP contribution is 2.28. The summed E-state index contributed by atoms with van der Waals surface area (Å²) in [5, 5.41) is 12.2. The predicted octanol–water partition coefficient (Wildman–Crippen LogP) is 2.74. The van der Waals surface area contributed by atoms with E-state index in [4.69, 9.17) is 0 Å². The Kier molecular flexibility index (Phi) is 4.85. The number of aryl methyl sites for hydroxylation is 1. The molecule has 0 saturated heterocycles. The molecule has 18 heavy (non-hydrogen) atoms. The molecule has 0 aromatic carbocycles. The lowest BCUT2D eigenvalue weighted by Crippen LogP contribution is -2.40. The third-order valence-corrected chi connectivity index (χ3v) is 4.07. The van der Waals surface area contributed by atoms with Crippen molar-refractivity contribution in [2.45, 2.75) is 40.2 Å². The molecule has 0 aliphatic heterocycles. The topological polar surface area (TPSA) is 57.0 Å². The van der Waals surface area contributed by atoms with Crippen molar-refractivity contribution >= 4 is 17.2 Å². The second kappa shape index (κ2) is 5.96. The molecule has 0 spiro atoms. The van der Waals surface area contributed by atoms with Gasteiger partial charge in [-0.15, -0.1) is 11.3 Å². The molecular formula is C13H19N3OS. The summed E-state index contributed by atoms with van der Waals surface area (Å²) < 4.78 is 0. The zero-order valence-electron chi connectivity index (χ0n) is 11.4. The molecule has 4 nitrogen and oxygen atoms in total. The van der Waals surface area contributed by atoms with Crippen LogP contribution in [0.3, 0.4) is 0 Å². The van der Waals surface area contributed by atoms with E-state index in [0.29, 0.717) is 19.4 Å². The van der Waals surface area contributed by atoms with Gasteiger partial charge in [-0.25, -0.2) is 4.98 Å². The van der Waals surface area contributed by atoms with Gasteiger partial charge in [0.25, 0.3) is 0 Å². The van der Waals surface area contributed by atoms with Crippen molar-refractivity contribution in [3.8, 4) is 6.07 Å². The first kappa shape index (κ1) is 14.7. The average molecular weight is 265 g/mol. The van der Waals surface area contributed by atoms with Crippen molar-refractivity contribution in [1.29, 1.82) is 5.26 Å². The minimum absolute atomic E-state index is 0.111. The summed E-state index contributed by atoms with van der Waals surface area (Å²) in [6, 6.07) is 2.18. The van der Waals surface area contributed by atoms with Gasteiger partial charge in [-0.05, 0) is 19.8 Å². The fraction of sp³-hybridized carbons (Fsp3) is 0.615. The number of rotatable bonds is 5. The predicted molar refractivity (Wildman–Crippen MR) is 72.0 cm³/mol. The minimum Gasteiger partial charge on any atom is -0.338 e. The zero-order chi connectivity index (χ0) is 13.8. The van der Waals surface area contributed by atoms with Gasteiger partial charge >= 0.3 is 0 Å².